The van der Waals surface area contributed by atoms with Crippen molar-refractivity contribution in [2.45, 2.75) is 68.4 Å². The van der Waals surface area contributed by atoms with E-state index in [-0.39, 0.29) is 42.0 Å². The van der Waals surface area contributed by atoms with E-state index < -0.39 is 6.04 Å². The lowest BCUT2D eigenvalue weighted by molar-refractivity contribution is -0.141. The van der Waals surface area contributed by atoms with Crippen molar-refractivity contribution in [2.24, 2.45) is 11.7 Å². The van der Waals surface area contributed by atoms with Crippen LogP contribution in [-0.4, -0.2) is 76.3 Å². The van der Waals surface area contributed by atoms with Gasteiger partial charge in [-0.3, -0.25) is 19.3 Å². The van der Waals surface area contributed by atoms with Gasteiger partial charge >= 0.3 is 0 Å². The number of fused-ring (bicyclic) bond motifs is 4. The van der Waals surface area contributed by atoms with E-state index >= 15 is 0 Å². The van der Waals surface area contributed by atoms with Crippen molar-refractivity contribution in [1.29, 1.82) is 5.26 Å². The average molecular weight is 450 g/mol. The van der Waals surface area contributed by atoms with Gasteiger partial charge in [0.15, 0.2) is 0 Å². The smallest absolute Gasteiger partial charge is 0.298 e. The highest BCUT2D eigenvalue weighted by Gasteiger charge is 2.56. The number of hydrogen-bond acceptors (Lipinski definition) is 7. The molecule has 0 radical (unpaired) electrons. The number of aryl methyl sites for hydroxylation is 1. The van der Waals surface area contributed by atoms with Crippen LogP contribution in [-0.2, 0) is 20.8 Å². The highest BCUT2D eigenvalue weighted by molar-refractivity contribution is 5.87. The van der Waals surface area contributed by atoms with Crippen LogP contribution in [0.1, 0.15) is 42.9 Å². The van der Waals surface area contributed by atoms with Crippen molar-refractivity contribution < 1.29 is 19.1 Å². The number of rotatable bonds is 6. The second kappa shape index (κ2) is 7.54. The first-order valence-corrected chi connectivity index (χ1v) is 11.8. The fourth-order valence-corrected chi connectivity index (χ4v) is 6.70. The Morgan fingerprint density at radius 2 is 2.15 bits per heavy atom. The standard InChI is InChI=1S/C24H27N5O4/c25-9-15-5-14-7-21(14)28(15)23(31)19(26)11-27-10-16-8-22(27)24(32)29(16)20-4-1-13-6-17(33-12-30)2-3-18(13)20/h2-3,6,12,14-16,19-22H,1,4-5,7-8,10-11,26H2/t14?,15-,16+,19-,20-,21-,22+/m0/s1. The van der Waals surface area contributed by atoms with Crippen molar-refractivity contribution in [2.75, 3.05) is 13.1 Å². The molecule has 1 aromatic carbocycles. The van der Waals surface area contributed by atoms with Crippen LogP contribution in [0.5, 0.6) is 5.75 Å². The summed E-state index contributed by atoms with van der Waals surface area (Å²) in [5.74, 6) is 0.934. The molecule has 3 saturated heterocycles. The van der Waals surface area contributed by atoms with Gasteiger partial charge in [-0.2, -0.15) is 5.26 Å². The molecule has 6 rings (SSSR count). The molecule has 4 fully saturated rings. The van der Waals surface area contributed by atoms with Crippen LogP contribution in [0.25, 0.3) is 0 Å². The maximum Gasteiger partial charge on any atom is 0.298 e. The van der Waals surface area contributed by atoms with Crippen LogP contribution in [0, 0.1) is 17.2 Å². The third kappa shape index (κ3) is 3.15. The van der Waals surface area contributed by atoms with E-state index in [0.29, 0.717) is 31.2 Å². The van der Waals surface area contributed by atoms with E-state index in [1.165, 1.54) is 0 Å². The van der Waals surface area contributed by atoms with Gasteiger partial charge in [0.25, 0.3) is 6.47 Å². The second-order valence-corrected chi connectivity index (χ2v) is 10.0. The first-order valence-electron chi connectivity index (χ1n) is 11.8. The van der Waals surface area contributed by atoms with E-state index in [2.05, 4.69) is 11.0 Å². The molecule has 7 atom stereocenters. The molecule has 9 heteroatoms. The Morgan fingerprint density at radius 1 is 1.30 bits per heavy atom. The van der Waals surface area contributed by atoms with E-state index in [9.17, 15) is 19.6 Å². The van der Waals surface area contributed by atoms with Crippen molar-refractivity contribution in [3.63, 3.8) is 0 Å². The quantitative estimate of drug-likeness (QED) is 0.622. The van der Waals surface area contributed by atoms with Gasteiger partial charge in [0.05, 0.1) is 24.2 Å². The van der Waals surface area contributed by atoms with E-state index in [1.807, 2.05) is 17.0 Å². The highest BCUT2D eigenvalue weighted by atomic mass is 16.5. The molecular weight excluding hydrogens is 422 g/mol. The van der Waals surface area contributed by atoms with Crippen molar-refractivity contribution >= 4 is 18.3 Å². The minimum atomic E-state index is -0.718. The van der Waals surface area contributed by atoms with Crippen LogP contribution < -0.4 is 10.5 Å². The molecule has 2 aliphatic carbocycles. The predicted octanol–water partition coefficient (Wildman–Crippen LogP) is 0.334. The van der Waals surface area contributed by atoms with Crippen molar-refractivity contribution in [1.82, 2.24) is 14.7 Å². The second-order valence-electron chi connectivity index (χ2n) is 10.0. The number of piperazine rings is 1. The molecule has 2 amide bonds. The maximum absolute atomic E-state index is 13.3. The molecule has 33 heavy (non-hydrogen) atoms. The van der Waals surface area contributed by atoms with Crippen molar-refractivity contribution in [3.05, 3.63) is 29.3 Å². The topological polar surface area (TPSA) is 120 Å². The summed E-state index contributed by atoms with van der Waals surface area (Å²) in [6.45, 7) is 1.48. The van der Waals surface area contributed by atoms with E-state index in [4.69, 9.17) is 10.5 Å². The number of nitriles is 1. The normalized spacial score (nSPS) is 34.7. The summed E-state index contributed by atoms with van der Waals surface area (Å²) in [4.78, 5) is 42.8. The summed E-state index contributed by atoms with van der Waals surface area (Å²) in [7, 11) is 0. The number of nitrogens with two attached hydrogens (primary N) is 1. The molecule has 172 valence electrons. The first-order chi connectivity index (χ1) is 16.0. The average Bonchev–Trinajstić information content (AvgIpc) is 3.15. The largest absolute Gasteiger partial charge is 0.429 e. The number of ether oxygens (including phenoxy) is 1. The lowest BCUT2D eigenvalue weighted by atomic mass is 10.0. The molecule has 3 heterocycles. The number of nitrogens with zero attached hydrogens (tertiary/aromatic N) is 4. The first kappa shape index (κ1) is 20.6. The molecule has 5 aliphatic rings. The fourth-order valence-electron chi connectivity index (χ4n) is 6.70. The molecule has 1 saturated carbocycles. The molecule has 2 bridgehead atoms. The number of piperidine rings is 1. The lowest BCUT2D eigenvalue weighted by Crippen LogP contribution is -2.57. The van der Waals surface area contributed by atoms with Crippen LogP contribution in [0.4, 0.5) is 0 Å². The van der Waals surface area contributed by atoms with E-state index in [1.54, 1.807) is 11.0 Å². The zero-order valence-electron chi connectivity index (χ0n) is 18.3. The third-order valence-electron chi connectivity index (χ3n) is 8.25. The predicted molar refractivity (Wildman–Crippen MR) is 116 cm³/mol. The highest BCUT2D eigenvalue weighted by Crippen LogP contribution is 2.48. The number of carbonyl (C=O) groups is 3. The third-order valence-corrected chi connectivity index (χ3v) is 8.25. The maximum atomic E-state index is 13.3. The van der Waals surface area contributed by atoms with Gasteiger partial charge in [0.1, 0.15) is 11.8 Å². The number of carbonyl (C=O) groups excluding carboxylic acids is 3. The summed E-state index contributed by atoms with van der Waals surface area (Å²) >= 11 is 0. The molecule has 0 spiro atoms. The van der Waals surface area contributed by atoms with Crippen LogP contribution in [0.15, 0.2) is 18.2 Å². The van der Waals surface area contributed by atoms with Gasteiger partial charge in [-0.25, -0.2) is 0 Å². The number of hydrogen-bond donors (Lipinski definition) is 1. The Balaban J connectivity index is 1.12. The van der Waals surface area contributed by atoms with Gasteiger partial charge in [0, 0.05) is 25.2 Å². The summed E-state index contributed by atoms with van der Waals surface area (Å²) < 4.78 is 4.96. The Hall–Kier alpha value is -2.96. The van der Waals surface area contributed by atoms with Crippen LogP contribution in [0.3, 0.4) is 0 Å². The minimum Gasteiger partial charge on any atom is -0.429 e. The molecule has 9 nitrogen and oxygen atoms in total. The zero-order valence-corrected chi connectivity index (χ0v) is 18.3. The van der Waals surface area contributed by atoms with Gasteiger partial charge in [-0.1, -0.05) is 6.07 Å². The Morgan fingerprint density at radius 3 is 2.91 bits per heavy atom. The summed E-state index contributed by atoms with van der Waals surface area (Å²) in [5, 5.41) is 9.39. The molecule has 0 aromatic heterocycles. The summed E-state index contributed by atoms with van der Waals surface area (Å²) in [5.41, 5.74) is 8.56. The number of amides is 2. The van der Waals surface area contributed by atoms with Crippen molar-refractivity contribution in [3.8, 4) is 11.8 Å². The Bertz CT molecular complexity index is 1070. The molecule has 1 aromatic rings. The monoisotopic (exact) mass is 449 g/mol. The zero-order chi connectivity index (χ0) is 22.9. The van der Waals surface area contributed by atoms with Gasteiger partial charge in [-0.05, 0) is 61.3 Å². The summed E-state index contributed by atoms with van der Waals surface area (Å²) in [6, 6.07) is 6.88. The lowest BCUT2D eigenvalue weighted by Gasteiger charge is -2.38. The minimum absolute atomic E-state index is 0.0398. The van der Waals surface area contributed by atoms with Gasteiger partial charge < -0.3 is 20.3 Å². The summed E-state index contributed by atoms with van der Waals surface area (Å²) in [6.07, 6.45) is 4.20. The molecule has 2 N–H and O–H groups in total. The SMILES string of the molecule is N#C[C@@H]1CC2C[C@@H]2N1C(=O)[C@@H](N)CN1C[C@H]2C[C@@H]1C(=O)N2[C@H]1CCc2cc(OC=O)ccc21. The van der Waals surface area contributed by atoms with Gasteiger partial charge in [-0.15, -0.1) is 0 Å². The van der Waals surface area contributed by atoms with Crippen LogP contribution >= 0.6 is 0 Å². The number of benzene rings is 1. The Kier molecular flexibility index (Phi) is 4.71. The van der Waals surface area contributed by atoms with Gasteiger partial charge in [0.2, 0.25) is 11.8 Å². The molecule has 1 unspecified atom stereocenters. The van der Waals surface area contributed by atoms with E-state index in [0.717, 1.165) is 43.2 Å². The Labute approximate surface area is 192 Å². The number of likely N-dealkylation sites (tertiary alicyclic amines) is 3. The molecule has 3 aliphatic heterocycles. The van der Waals surface area contributed by atoms with Crippen LogP contribution in [0.2, 0.25) is 0 Å². The molecular formula is C24H27N5O4. The fraction of sp³-hybridized carbons (Fsp3) is 0.583.